The number of halogens is 2. The summed E-state index contributed by atoms with van der Waals surface area (Å²) in [5, 5.41) is 7.21. The standard InChI is InChI=1S/C19H22N4O2S.2ClH/c24-18(22-7-8-26-17-3-1-2-6-21-17)15-4-5-16-14-9-13(10-20-11-14)12-23(16)19(15)25;;/h1-6,13-14,20H,7-12H2,(H,22,24);2*1H/t13-,14+;;/m0../s1. The number of nitrogens with zero attached hydrogens (tertiary/aromatic N) is 2. The lowest BCUT2D eigenvalue weighted by molar-refractivity contribution is 0.0953. The Labute approximate surface area is 180 Å². The quantitative estimate of drug-likeness (QED) is 0.548. The number of nitrogens with one attached hydrogen (secondary N) is 2. The summed E-state index contributed by atoms with van der Waals surface area (Å²) >= 11 is 1.58. The predicted octanol–water partition coefficient (Wildman–Crippen LogP) is 2.32. The zero-order chi connectivity index (χ0) is 17.9. The molecule has 2 atom stereocenters. The largest absolute Gasteiger partial charge is 0.351 e. The van der Waals surface area contributed by atoms with Gasteiger partial charge in [-0.05, 0) is 43.1 Å². The second-order valence-electron chi connectivity index (χ2n) is 6.82. The molecule has 2 aliphatic heterocycles. The van der Waals surface area contributed by atoms with Crippen molar-refractivity contribution in [1.29, 1.82) is 0 Å². The predicted molar refractivity (Wildman–Crippen MR) is 116 cm³/mol. The number of rotatable bonds is 5. The van der Waals surface area contributed by atoms with Gasteiger partial charge in [0.1, 0.15) is 5.56 Å². The molecule has 0 saturated carbocycles. The van der Waals surface area contributed by atoms with E-state index < -0.39 is 0 Å². The molecule has 2 aromatic rings. The SMILES string of the molecule is Cl.Cl.O=C(NCCSc1ccccn1)c1ccc2n(c1=O)C[C@@H]1CNC[C@H]2C1. The smallest absolute Gasteiger partial charge is 0.263 e. The first-order valence-corrected chi connectivity index (χ1v) is 9.97. The van der Waals surface area contributed by atoms with Crippen LogP contribution in [0, 0.1) is 5.92 Å². The molecule has 2 N–H and O–H groups in total. The third-order valence-corrected chi connectivity index (χ3v) is 5.97. The molecule has 0 unspecified atom stereocenters. The molecule has 9 heteroatoms. The number of thioether (sulfide) groups is 1. The van der Waals surface area contributed by atoms with E-state index in [1.807, 2.05) is 28.8 Å². The highest BCUT2D eigenvalue weighted by molar-refractivity contribution is 7.99. The van der Waals surface area contributed by atoms with Crippen LogP contribution in [0.15, 0.2) is 46.3 Å². The molecule has 6 nitrogen and oxygen atoms in total. The van der Waals surface area contributed by atoms with Gasteiger partial charge in [0, 0.05) is 43.2 Å². The van der Waals surface area contributed by atoms with E-state index in [1.54, 1.807) is 24.0 Å². The third kappa shape index (κ3) is 4.89. The zero-order valence-corrected chi connectivity index (χ0v) is 17.7. The first kappa shape index (κ1) is 22.7. The van der Waals surface area contributed by atoms with Crippen LogP contribution >= 0.6 is 36.6 Å². The highest BCUT2D eigenvalue weighted by atomic mass is 35.5. The number of carbonyl (C=O) groups excluding carboxylic acids is 1. The fraction of sp³-hybridized carbons (Fsp3) is 0.421. The van der Waals surface area contributed by atoms with E-state index in [1.165, 1.54) is 0 Å². The lowest BCUT2D eigenvalue weighted by Crippen LogP contribution is -2.46. The molecule has 0 aromatic carbocycles. The van der Waals surface area contributed by atoms with Gasteiger partial charge in [-0.25, -0.2) is 4.98 Å². The van der Waals surface area contributed by atoms with Gasteiger partial charge in [-0.2, -0.15) is 0 Å². The zero-order valence-electron chi connectivity index (χ0n) is 15.3. The maximum atomic E-state index is 12.8. The highest BCUT2D eigenvalue weighted by Gasteiger charge is 2.31. The fourth-order valence-corrected chi connectivity index (χ4v) is 4.53. The van der Waals surface area contributed by atoms with Crippen LogP contribution in [0.4, 0.5) is 0 Å². The summed E-state index contributed by atoms with van der Waals surface area (Å²) in [5.41, 5.74) is 1.14. The molecule has 2 aromatic heterocycles. The summed E-state index contributed by atoms with van der Waals surface area (Å²) < 4.78 is 1.82. The van der Waals surface area contributed by atoms with E-state index in [4.69, 9.17) is 0 Å². The van der Waals surface area contributed by atoms with E-state index >= 15 is 0 Å². The van der Waals surface area contributed by atoms with E-state index in [2.05, 4.69) is 15.6 Å². The molecule has 1 fully saturated rings. The normalized spacial score (nSPS) is 19.6. The first-order valence-electron chi connectivity index (χ1n) is 8.99. The summed E-state index contributed by atoms with van der Waals surface area (Å²) in [5.74, 6) is 1.28. The molecular weight excluding hydrogens is 419 g/mol. The van der Waals surface area contributed by atoms with Gasteiger partial charge in [0.2, 0.25) is 0 Å². The minimum atomic E-state index is -0.291. The number of aromatic nitrogens is 2. The second kappa shape index (κ2) is 10.3. The van der Waals surface area contributed by atoms with Gasteiger partial charge in [0.15, 0.2) is 0 Å². The van der Waals surface area contributed by atoms with Crippen molar-refractivity contribution in [2.24, 2.45) is 5.92 Å². The Morgan fingerprint density at radius 1 is 1.25 bits per heavy atom. The molecule has 152 valence electrons. The van der Waals surface area contributed by atoms with E-state index in [-0.39, 0.29) is 41.8 Å². The lowest BCUT2D eigenvalue weighted by atomic mass is 9.84. The Hall–Kier alpha value is -1.54. The Morgan fingerprint density at radius 3 is 2.89 bits per heavy atom. The minimum absolute atomic E-state index is 0. The van der Waals surface area contributed by atoms with Crippen LogP contribution < -0.4 is 16.2 Å². The van der Waals surface area contributed by atoms with Crippen molar-refractivity contribution in [2.75, 3.05) is 25.4 Å². The summed E-state index contributed by atoms with van der Waals surface area (Å²) in [4.78, 5) is 29.5. The summed E-state index contributed by atoms with van der Waals surface area (Å²) in [6, 6.07) is 9.39. The van der Waals surface area contributed by atoms with Crippen LogP contribution in [-0.4, -0.2) is 40.8 Å². The molecule has 0 aliphatic carbocycles. The Kier molecular flexibility index (Phi) is 8.37. The Balaban J connectivity index is 0.00000140. The van der Waals surface area contributed by atoms with Crippen LogP contribution in [0.3, 0.4) is 0 Å². The number of hydrogen-bond donors (Lipinski definition) is 2. The number of piperidine rings is 1. The van der Waals surface area contributed by atoms with Gasteiger partial charge in [-0.15, -0.1) is 36.6 Å². The van der Waals surface area contributed by atoms with Crippen LogP contribution in [-0.2, 0) is 6.54 Å². The number of fused-ring (bicyclic) bond motifs is 4. The summed E-state index contributed by atoms with van der Waals surface area (Å²) in [6.07, 6.45) is 2.88. The van der Waals surface area contributed by atoms with Crippen molar-refractivity contribution in [3.63, 3.8) is 0 Å². The van der Waals surface area contributed by atoms with Crippen LogP contribution in [0.1, 0.15) is 28.4 Å². The van der Waals surface area contributed by atoms with E-state index in [0.29, 0.717) is 30.7 Å². The topological polar surface area (TPSA) is 76.0 Å². The average molecular weight is 443 g/mol. The maximum Gasteiger partial charge on any atom is 0.263 e. The summed E-state index contributed by atoms with van der Waals surface area (Å²) in [6.45, 7) is 3.06. The molecule has 0 spiro atoms. The van der Waals surface area contributed by atoms with Crippen molar-refractivity contribution in [3.05, 3.63) is 58.1 Å². The van der Waals surface area contributed by atoms with Crippen molar-refractivity contribution in [2.45, 2.75) is 23.9 Å². The molecule has 1 saturated heterocycles. The Bertz CT molecular complexity index is 863. The lowest BCUT2D eigenvalue weighted by Gasteiger charge is -2.37. The molecular formula is C19H24Cl2N4O2S. The number of hydrogen-bond acceptors (Lipinski definition) is 5. The van der Waals surface area contributed by atoms with Gasteiger partial charge in [0.25, 0.3) is 11.5 Å². The molecule has 2 bridgehead atoms. The van der Waals surface area contributed by atoms with Gasteiger partial charge < -0.3 is 15.2 Å². The number of amides is 1. The highest BCUT2D eigenvalue weighted by Crippen LogP contribution is 2.31. The molecule has 1 amide bonds. The van der Waals surface area contributed by atoms with Gasteiger partial charge in [-0.3, -0.25) is 9.59 Å². The molecule has 28 heavy (non-hydrogen) atoms. The van der Waals surface area contributed by atoms with Gasteiger partial charge >= 0.3 is 0 Å². The summed E-state index contributed by atoms with van der Waals surface area (Å²) in [7, 11) is 0. The van der Waals surface area contributed by atoms with E-state index in [0.717, 1.165) is 30.2 Å². The fourth-order valence-electron chi connectivity index (χ4n) is 3.81. The van der Waals surface area contributed by atoms with Crippen molar-refractivity contribution >= 4 is 42.5 Å². The minimum Gasteiger partial charge on any atom is -0.351 e. The maximum absolute atomic E-state index is 12.8. The van der Waals surface area contributed by atoms with Crippen molar-refractivity contribution < 1.29 is 4.79 Å². The first-order chi connectivity index (χ1) is 12.7. The molecule has 2 aliphatic rings. The second-order valence-corrected chi connectivity index (χ2v) is 7.93. The Morgan fingerprint density at radius 2 is 2.11 bits per heavy atom. The molecule has 4 heterocycles. The number of carbonyl (C=O) groups is 1. The van der Waals surface area contributed by atoms with Crippen molar-refractivity contribution in [3.8, 4) is 0 Å². The van der Waals surface area contributed by atoms with Crippen LogP contribution in [0.5, 0.6) is 0 Å². The molecule has 4 rings (SSSR count). The number of pyridine rings is 2. The average Bonchev–Trinajstić information content (AvgIpc) is 2.67. The van der Waals surface area contributed by atoms with Gasteiger partial charge in [0.05, 0.1) is 5.03 Å². The van der Waals surface area contributed by atoms with Crippen LogP contribution in [0.2, 0.25) is 0 Å². The van der Waals surface area contributed by atoms with Crippen molar-refractivity contribution in [1.82, 2.24) is 20.2 Å². The van der Waals surface area contributed by atoms with E-state index in [9.17, 15) is 9.59 Å². The molecule has 0 radical (unpaired) electrons. The van der Waals surface area contributed by atoms with Gasteiger partial charge in [-0.1, -0.05) is 6.07 Å². The van der Waals surface area contributed by atoms with Crippen LogP contribution in [0.25, 0.3) is 0 Å². The monoisotopic (exact) mass is 442 g/mol. The third-order valence-electron chi connectivity index (χ3n) is 5.03.